The van der Waals surface area contributed by atoms with E-state index in [1.165, 1.54) is 0 Å². The molecule has 0 spiro atoms. The summed E-state index contributed by atoms with van der Waals surface area (Å²) < 4.78 is 35.1. The first-order valence-electron chi connectivity index (χ1n) is 4.95. The SMILES string of the molecule is [2H]C(CCC)C([2H])([2H])C([2H])([2H])O. The van der Waals surface area contributed by atoms with Crippen LogP contribution < -0.4 is 0 Å². The smallest absolute Gasteiger partial charge is 0.0564 e. The molecule has 0 radical (unpaired) electrons. The average Bonchev–Trinajstić information content (AvgIpc) is 1.85. The van der Waals surface area contributed by atoms with E-state index in [0.29, 0.717) is 6.42 Å². The van der Waals surface area contributed by atoms with Gasteiger partial charge >= 0.3 is 0 Å². The van der Waals surface area contributed by atoms with Crippen molar-refractivity contribution >= 4 is 0 Å². The normalized spacial score (nSPS) is 28.6. The minimum atomic E-state index is -2.94. The quantitative estimate of drug-likeness (QED) is 0.578. The van der Waals surface area contributed by atoms with E-state index in [-0.39, 0.29) is 6.42 Å². The van der Waals surface area contributed by atoms with E-state index in [9.17, 15) is 0 Å². The van der Waals surface area contributed by atoms with Crippen molar-refractivity contribution in [1.82, 2.24) is 0 Å². The van der Waals surface area contributed by atoms with E-state index in [0.717, 1.165) is 0 Å². The van der Waals surface area contributed by atoms with Crippen molar-refractivity contribution in [3.63, 3.8) is 0 Å². The molecule has 0 amide bonds. The van der Waals surface area contributed by atoms with Crippen LogP contribution in [-0.2, 0) is 0 Å². The molecule has 1 heteroatoms. The molecule has 0 aliphatic heterocycles. The minimum Gasteiger partial charge on any atom is -0.396 e. The van der Waals surface area contributed by atoms with E-state index < -0.39 is 19.3 Å². The number of hydrogen-bond acceptors (Lipinski definition) is 1. The molecule has 1 nitrogen and oxygen atoms in total. The van der Waals surface area contributed by atoms with Gasteiger partial charge in [0.1, 0.15) is 0 Å². The van der Waals surface area contributed by atoms with Gasteiger partial charge in [0.25, 0.3) is 0 Å². The molecule has 7 heavy (non-hydrogen) atoms. The van der Waals surface area contributed by atoms with Crippen LogP contribution in [0.1, 0.15) is 39.4 Å². The van der Waals surface area contributed by atoms with E-state index in [1.54, 1.807) is 6.92 Å². The first kappa shape index (κ1) is 2.06. The lowest BCUT2D eigenvalue weighted by Crippen LogP contribution is -1.80. The number of rotatable bonds is 4. The summed E-state index contributed by atoms with van der Waals surface area (Å²) in [5.74, 6) is 0. The van der Waals surface area contributed by atoms with Crippen LogP contribution in [0.4, 0.5) is 0 Å². The third-order valence-electron chi connectivity index (χ3n) is 0.600. The predicted octanol–water partition coefficient (Wildman–Crippen LogP) is 1.56. The summed E-state index contributed by atoms with van der Waals surface area (Å²) in [5.41, 5.74) is 0. The molecule has 0 aromatic carbocycles. The fraction of sp³-hybridized carbons (Fsp3) is 1.00. The Bertz CT molecular complexity index is 141. The number of hydrogen-bond donors (Lipinski definition) is 1. The largest absolute Gasteiger partial charge is 0.396 e. The van der Waals surface area contributed by atoms with E-state index >= 15 is 0 Å². The summed E-state index contributed by atoms with van der Waals surface area (Å²) in [7, 11) is 0. The van der Waals surface area contributed by atoms with Gasteiger partial charge in [0.05, 0.1) is 2.74 Å². The Morgan fingerprint density at radius 2 is 2.43 bits per heavy atom. The van der Waals surface area contributed by atoms with E-state index in [1.807, 2.05) is 0 Å². The summed E-state index contributed by atoms with van der Waals surface area (Å²) >= 11 is 0. The Labute approximate surface area is 52.4 Å². The molecular formula is C6H14O. The summed E-state index contributed by atoms with van der Waals surface area (Å²) in [5, 5.41) is 8.78. The predicted molar refractivity (Wildman–Crippen MR) is 31.2 cm³/mol. The van der Waals surface area contributed by atoms with Crippen LogP contribution in [0.5, 0.6) is 0 Å². The molecule has 0 saturated carbocycles. The first-order chi connectivity index (χ1) is 5.23. The van der Waals surface area contributed by atoms with E-state index in [2.05, 4.69) is 0 Å². The molecule has 1 unspecified atom stereocenters. The van der Waals surface area contributed by atoms with Crippen LogP contribution >= 0.6 is 0 Å². The maximum Gasteiger partial charge on any atom is 0.0564 e. The monoisotopic (exact) mass is 107 g/mol. The Hall–Kier alpha value is -0.0400. The highest BCUT2D eigenvalue weighted by molar-refractivity contribution is 4.35. The van der Waals surface area contributed by atoms with Crippen molar-refractivity contribution in [3.05, 3.63) is 0 Å². The molecule has 0 heterocycles. The molecule has 0 saturated heterocycles. The molecule has 0 fully saturated rings. The van der Waals surface area contributed by atoms with Crippen LogP contribution in [0.3, 0.4) is 0 Å². The third-order valence-corrected chi connectivity index (χ3v) is 0.600. The van der Waals surface area contributed by atoms with Crippen molar-refractivity contribution < 1.29 is 12.0 Å². The maximum absolute atomic E-state index is 8.78. The van der Waals surface area contributed by atoms with Crippen LogP contribution in [0, 0.1) is 0 Å². The van der Waals surface area contributed by atoms with Crippen molar-refractivity contribution in [3.8, 4) is 0 Å². The van der Waals surface area contributed by atoms with Gasteiger partial charge < -0.3 is 5.11 Å². The topological polar surface area (TPSA) is 20.2 Å². The van der Waals surface area contributed by atoms with Gasteiger partial charge in [-0.1, -0.05) is 26.2 Å². The second kappa shape index (κ2) is 5.96. The van der Waals surface area contributed by atoms with Crippen LogP contribution in [0.15, 0.2) is 0 Å². The fourth-order valence-corrected chi connectivity index (χ4v) is 0.262. The number of aliphatic hydroxyl groups is 1. The molecule has 0 aliphatic carbocycles. The lowest BCUT2D eigenvalue weighted by Gasteiger charge is -1.90. The van der Waals surface area contributed by atoms with Crippen LogP contribution in [0.25, 0.3) is 0 Å². The summed E-state index contributed by atoms with van der Waals surface area (Å²) in [4.78, 5) is 0. The zero-order valence-electron chi connectivity index (χ0n) is 9.44. The molecule has 1 N–H and O–H groups in total. The Kier molecular flexibility index (Phi) is 1.75. The van der Waals surface area contributed by atoms with Gasteiger partial charge in [-0.05, 0) is 6.37 Å². The average molecular weight is 107 g/mol. The third kappa shape index (κ3) is 5.96. The van der Waals surface area contributed by atoms with Gasteiger partial charge in [0.2, 0.25) is 0 Å². The van der Waals surface area contributed by atoms with Gasteiger partial charge in [-0.3, -0.25) is 0 Å². The Morgan fingerprint density at radius 1 is 1.71 bits per heavy atom. The Morgan fingerprint density at radius 3 is 2.86 bits per heavy atom. The van der Waals surface area contributed by atoms with Crippen LogP contribution in [0.2, 0.25) is 0 Å². The summed E-state index contributed by atoms with van der Waals surface area (Å²) in [6.07, 6.45) is -2.87. The second-order valence-electron chi connectivity index (χ2n) is 1.25. The zero-order valence-corrected chi connectivity index (χ0v) is 4.44. The minimum absolute atomic E-state index is 0.243. The summed E-state index contributed by atoms with van der Waals surface area (Å²) in [6.45, 7) is -1.15. The van der Waals surface area contributed by atoms with Crippen molar-refractivity contribution in [2.45, 2.75) is 32.5 Å². The van der Waals surface area contributed by atoms with Gasteiger partial charge in [0.15, 0.2) is 0 Å². The molecule has 0 bridgehead atoms. The van der Waals surface area contributed by atoms with E-state index in [4.69, 9.17) is 12.0 Å². The molecule has 0 aliphatic rings. The van der Waals surface area contributed by atoms with Gasteiger partial charge in [-0.2, -0.15) is 0 Å². The molecule has 0 aromatic heterocycles. The van der Waals surface area contributed by atoms with Crippen molar-refractivity contribution in [1.29, 1.82) is 0 Å². The molecule has 44 valence electrons. The zero-order chi connectivity index (χ0) is 9.99. The molecule has 0 aromatic rings. The van der Waals surface area contributed by atoms with Gasteiger partial charge in [0, 0.05) is 10.7 Å². The van der Waals surface area contributed by atoms with Gasteiger partial charge in [-0.25, -0.2) is 0 Å². The highest BCUT2D eigenvalue weighted by Crippen LogP contribution is 1.95. The lowest BCUT2D eigenvalue weighted by atomic mass is 10.2. The van der Waals surface area contributed by atoms with Crippen molar-refractivity contribution in [2.75, 3.05) is 6.56 Å². The fourth-order valence-electron chi connectivity index (χ4n) is 0.262. The van der Waals surface area contributed by atoms with Crippen molar-refractivity contribution in [2.24, 2.45) is 0 Å². The maximum atomic E-state index is 8.78. The molecular weight excluding hydrogens is 88.1 g/mol. The van der Waals surface area contributed by atoms with Gasteiger partial charge in [-0.15, -0.1) is 0 Å². The second-order valence-corrected chi connectivity index (χ2v) is 1.25. The van der Waals surface area contributed by atoms with Crippen LogP contribution in [-0.4, -0.2) is 11.7 Å². The molecule has 1 atom stereocenters. The Balaban J connectivity index is 4.38. The first-order valence-corrected chi connectivity index (χ1v) is 2.38. The summed E-state index contributed by atoms with van der Waals surface area (Å²) in [6, 6.07) is 0. The lowest BCUT2D eigenvalue weighted by molar-refractivity contribution is 0.283. The highest BCUT2D eigenvalue weighted by Gasteiger charge is 1.80. The highest BCUT2D eigenvalue weighted by atomic mass is 16.2. The molecule has 0 rings (SSSR count). The standard InChI is InChI=1S/C6H14O/c1-2-3-4-5-6-7/h7H,2-6H2,1H3/i4D,5D2,6D2.